The first-order chi connectivity index (χ1) is 9.65. The number of hydrogen-bond acceptors (Lipinski definition) is 5. The zero-order valence-electron chi connectivity index (χ0n) is 11.6. The number of likely N-dealkylation sites (N-methyl/N-ethyl adjacent to an activating group) is 1. The molecule has 20 heavy (non-hydrogen) atoms. The van der Waals surface area contributed by atoms with Crippen molar-refractivity contribution in [2.45, 2.75) is 6.42 Å². The maximum absolute atomic E-state index is 12.2. The standard InChI is InChI=1S/C14H16N2O3S/c1-16(14-15-6-7-20-14)13(17)9-10-4-5-11(18-2)12(8-10)19-3/h4-8H,9H2,1-3H3. The van der Waals surface area contributed by atoms with Crippen LogP contribution >= 0.6 is 11.3 Å². The van der Waals surface area contributed by atoms with Gasteiger partial charge in [0.15, 0.2) is 16.6 Å². The zero-order chi connectivity index (χ0) is 14.5. The van der Waals surface area contributed by atoms with Gasteiger partial charge in [-0.1, -0.05) is 6.07 Å². The molecule has 0 unspecified atom stereocenters. The summed E-state index contributed by atoms with van der Waals surface area (Å²) in [5.41, 5.74) is 0.871. The van der Waals surface area contributed by atoms with Gasteiger partial charge >= 0.3 is 0 Å². The summed E-state index contributed by atoms with van der Waals surface area (Å²) in [6, 6.07) is 5.46. The smallest absolute Gasteiger partial charge is 0.232 e. The van der Waals surface area contributed by atoms with Crippen LogP contribution in [0.2, 0.25) is 0 Å². The van der Waals surface area contributed by atoms with Gasteiger partial charge in [0.1, 0.15) is 0 Å². The Hall–Kier alpha value is -2.08. The van der Waals surface area contributed by atoms with E-state index in [2.05, 4.69) is 4.98 Å². The van der Waals surface area contributed by atoms with Crippen molar-refractivity contribution in [3.05, 3.63) is 35.3 Å². The summed E-state index contributed by atoms with van der Waals surface area (Å²) >= 11 is 1.43. The number of benzene rings is 1. The highest BCUT2D eigenvalue weighted by molar-refractivity contribution is 7.13. The third-order valence-electron chi connectivity index (χ3n) is 2.88. The molecule has 2 aromatic rings. The average Bonchev–Trinajstić information content (AvgIpc) is 3.00. The molecule has 5 nitrogen and oxygen atoms in total. The summed E-state index contributed by atoms with van der Waals surface area (Å²) in [6.07, 6.45) is 1.97. The predicted molar refractivity (Wildman–Crippen MR) is 78.8 cm³/mol. The molecule has 0 aliphatic heterocycles. The fraction of sp³-hybridized carbons (Fsp3) is 0.286. The number of aromatic nitrogens is 1. The van der Waals surface area contributed by atoms with Crippen molar-refractivity contribution in [1.82, 2.24) is 4.98 Å². The van der Waals surface area contributed by atoms with Crippen LogP contribution in [0.25, 0.3) is 0 Å². The summed E-state index contributed by atoms with van der Waals surface area (Å²) in [4.78, 5) is 17.9. The lowest BCUT2D eigenvalue weighted by atomic mass is 10.1. The summed E-state index contributed by atoms with van der Waals surface area (Å²) < 4.78 is 10.4. The minimum absolute atomic E-state index is 0.0211. The number of anilines is 1. The van der Waals surface area contributed by atoms with Crippen LogP contribution in [0.15, 0.2) is 29.8 Å². The van der Waals surface area contributed by atoms with Gasteiger partial charge < -0.3 is 9.47 Å². The zero-order valence-corrected chi connectivity index (χ0v) is 12.4. The largest absolute Gasteiger partial charge is 0.493 e. The molecular formula is C14H16N2O3S. The molecule has 0 aliphatic carbocycles. The number of methoxy groups -OCH3 is 2. The number of carbonyl (C=O) groups excluding carboxylic acids is 1. The Balaban J connectivity index is 2.11. The molecule has 0 saturated carbocycles. The second kappa shape index (κ2) is 6.38. The third kappa shape index (κ3) is 3.08. The summed E-state index contributed by atoms with van der Waals surface area (Å²) in [6.45, 7) is 0. The fourth-order valence-corrected chi connectivity index (χ4v) is 2.40. The van der Waals surface area contributed by atoms with E-state index in [-0.39, 0.29) is 12.3 Å². The van der Waals surface area contributed by atoms with Crippen molar-refractivity contribution >= 4 is 22.4 Å². The molecule has 1 aromatic heterocycles. The van der Waals surface area contributed by atoms with Crippen LogP contribution in [-0.4, -0.2) is 32.2 Å². The first-order valence-electron chi connectivity index (χ1n) is 6.02. The molecule has 1 amide bonds. The molecule has 1 heterocycles. The van der Waals surface area contributed by atoms with E-state index in [0.29, 0.717) is 16.6 Å². The van der Waals surface area contributed by atoms with Crippen LogP contribution in [0, 0.1) is 0 Å². The lowest BCUT2D eigenvalue weighted by molar-refractivity contribution is -0.117. The van der Waals surface area contributed by atoms with Gasteiger partial charge in [-0.15, -0.1) is 11.3 Å². The molecule has 0 fully saturated rings. The number of amides is 1. The Kier molecular flexibility index (Phi) is 4.57. The number of carbonyl (C=O) groups is 1. The molecule has 0 saturated heterocycles. The minimum Gasteiger partial charge on any atom is -0.493 e. The quantitative estimate of drug-likeness (QED) is 0.849. The monoisotopic (exact) mass is 292 g/mol. The Morgan fingerprint density at radius 1 is 1.30 bits per heavy atom. The maximum Gasteiger partial charge on any atom is 0.232 e. The SMILES string of the molecule is COc1ccc(CC(=O)N(C)c2nccs2)cc1OC. The maximum atomic E-state index is 12.2. The third-order valence-corrected chi connectivity index (χ3v) is 3.73. The molecule has 6 heteroatoms. The lowest BCUT2D eigenvalue weighted by Gasteiger charge is -2.14. The van der Waals surface area contributed by atoms with Crippen LogP contribution in [0.1, 0.15) is 5.56 Å². The number of hydrogen-bond donors (Lipinski definition) is 0. The van der Waals surface area contributed by atoms with Crippen molar-refractivity contribution in [2.24, 2.45) is 0 Å². The van der Waals surface area contributed by atoms with Crippen molar-refractivity contribution in [2.75, 3.05) is 26.2 Å². The number of thiazole rings is 1. The highest BCUT2D eigenvalue weighted by atomic mass is 32.1. The highest BCUT2D eigenvalue weighted by Crippen LogP contribution is 2.28. The van der Waals surface area contributed by atoms with Crippen LogP contribution in [-0.2, 0) is 11.2 Å². The van der Waals surface area contributed by atoms with E-state index >= 15 is 0 Å². The van der Waals surface area contributed by atoms with Crippen LogP contribution in [0.3, 0.4) is 0 Å². The lowest BCUT2D eigenvalue weighted by Crippen LogP contribution is -2.27. The molecule has 2 rings (SSSR count). The minimum atomic E-state index is -0.0211. The Morgan fingerprint density at radius 2 is 2.05 bits per heavy atom. The molecule has 0 radical (unpaired) electrons. The number of ether oxygens (including phenoxy) is 2. The highest BCUT2D eigenvalue weighted by Gasteiger charge is 2.14. The van der Waals surface area contributed by atoms with E-state index in [1.54, 1.807) is 38.4 Å². The van der Waals surface area contributed by atoms with Crippen molar-refractivity contribution in [3.63, 3.8) is 0 Å². The molecule has 106 valence electrons. The van der Waals surface area contributed by atoms with E-state index in [4.69, 9.17) is 9.47 Å². The van der Waals surface area contributed by atoms with Gasteiger partial charge in [0.05, 0.1) is 20.6 Å². The second-order valence-corrected chi connectivity index (χ2v) is 5.01. The molecule has 0 N–H and O–H groups in total. The average molecular weight is 292 g/mol. The van der Waals surface area contributed by atoms with E-state index in [0.717, 1.165) is 5.56 Å². The summed E-state index contributed by atoms with van der Waals surface area (Å²) in [7, 11) is 4.88. The molecule has 0 atom stereocenters. The topological polar surface area (TPSA) is 51.7 Å². The van der Waals surface area contributed by atoms with Gasteiger partial charge in [-0.3, -0.25) is 9.69 Å². The van der Waals surface area contributed by atoms with Crippen LogP contribution in [0.4, 0.5) is 5.13 Å². The number of nitrogens with zero attached hydrogens (tertiary/aromatic N) is 2. The number of rotatable bonds is 5. The van der Waals surface area contributed by atoms with Gasteiger partial charge in [-0.2, -0.15) is 0 Å². The van der Waals surface area contributed by atoms with Crippen molar-refractivity contribution in [3.8, 4) is 11.5 Å². The second-order valence-electron chi connectivity index (χ2n) is 4.13. The molecule has 0 aliphatic rings. The van der Waals surface area contributed by atoms with E-state index in [1.807, 2.05) is 17.5 Å². The molecule has 1 aromatic carbocycles. The van der Waals surface area contributed by atoms with Gasteiger partial charge in [0.2, 0.25) is 5.91 Å². The van der Waals surface area contributed by atoms with Gasteiger partial charge in [-0.25, -0.2) is 4.98 Å². The van der Waals surface area contributed by atoms with Gasteiger partial charge in [0, 0.05) is 18.6 Å². The van der Waals surface area contributed by atoms with Crippen LogP contribution in [0.5, 0.6) is 11.5 Å². The first-order valence-corrected chi connectivity index (χ1v) is 6.90. The Morgan fingerprint density at radius 3 is 2.65 bits per heavy atom. The van der Waals surface area contributed by atoms with E-state index in [1.165, 1.54) is 11.3 Å². The fourth-order valence-electron chi connectivity index (χ4n) is 1.77. The van der Waals surface area contributed by atoms with E-state index < -0.39 is 0 Å². The van der Waals surface area contributed by atoms with Crippen molar-refractivity contribution in [1.29, 1.82) is 0 Å². The van der Waals surface area contributed by atoms with Gasteiger partial charge in [-0.05, 0) is 17.7 Å². The summed E-state index contributed by atoms with van der Waals surface area (Å²) in [5.74, 6) is 1.25. The van der Waals surface area contributed by atoms with Crippen LogP contribution < -0.4 is 14.4 Å². The summed E-state index contributed by atoms with van der Waals surface area (Å²) in [5, 5.41) is 2.53. The Labute approximate surface area is 121 Å². The van der Waals surface area contributed by atoms with E-state index in [9.17, 15) is 4.79 Å². The first kappa shape index (κ1) is 14.3. The van der Waals surface area contributed by atoms with Crippen molar-refractivity contribution < 1.29 is 14.3 Å². The molecular weight excluding hydrogens is 276 g/mol. The van der Waals surface area contributed by atoms with Gasteiger partial charge in [0.25, 0.3) is 0 Å². The molecule has 0 bridgehead atoms. The Bertz CT molecular complexity index is 584. The normalized spacial score (nSPS) is 10.2. The molecule has 0 spiro atoms. The predicted octanol–water partition coefficient (Wildman–Crippen LogP) is 2.37.